The fourth-order valence-electron chi connectivity index (χ4n) is 2.36. The van der Waals surface area contributed by atoms with Crippen LogP contribution in [0.4, 0.5) is 5.69 Å². The lowest BCUT2D eigenvalue weighted by Crippen LogP contribution is -2.17. The summed E-state index contributed by atoms with van der Waals surface area (Å²) >= 11 is 0. The van der Waals surface area contributed by atoms with E-state index >= 15 is 0 Å². The third kappa shape index (κ3) is 4.98. The van der Waals surface area contributed by atoms with E-state index in [0.717, 1.165) is 5.56 Å². The molecular weight excluding hydrogens is 360 g/mol. The molecule has 8 nitrogen and oxygen atoms in total. The average molecular weight is 376 g/mol. The Morgan fingerprint density at radius 3 is 2.54 bits per heavy atom. The van der Waals surface area contributed by atoms with E-state index < -0.39 is 4.92 Å². The lowest BCUT2D eigenvalue weighted by Gasteiger charge is -2.07. The molecular formula is C20H16N4O4. The minimum Gasteiger partial charge on any atom is -0.489 e. The number of nitrogens with zero attached hydrogens (tertiary/aromatic N) is 3. The smallest absolute Gasteiger partial charge is 0.276 e. The Hall–Kier alpha value is -4.07. The van der Waals surface area contributed by atoms with Gasteiger partial charge in [-0.2, -0.15) is 5.10 Å². The van der Waals surface area contributed by atoms with Gasteiger partial charge in [-0.15, -0.1) is 0 Å². The number of aromatic nitrogens is 1. The number of hydrogen-bond acceptors (Lipinski definition) is 6. The van der Waals surface area contributed by atoms with Gasteiger partial charge in [-0.1, -0.05) is 12.1 Å². The number of carbonyl (C=O) groups excluding carboxylic acids is 1. The molecule has 0 bridgehead atoms. The van der Waals surface area contributed by atoms with Crippen LogP contribution in [0.1, 0.15) is 21.5 Å². The van der Waals surface area contributed by atoms with Crippen LogP contribution in [-0.2, 0) is 6.61 Å². The molecule has 3 rings (SSSR count). The number of rotatable bonds is 7. The number of nitro groups is 1. The maximum Gasteiger partial charge on any atom is 0.276 e. The van der Waals surface area contributed by atoms with Crippen molar-refractivity contribution in [2.45, 2.75) is 6.61 Å². The summed E-state index contributed by atoms with van der Waals surface area (Å²) in [6.45, 7) is 0.0899. The van der Waals surface area contributed by atoms with Crippen molar-refractivity contribution in [3.05, 3.63) is 99.9 Å². The Kier molecular flexibility index (Phi) is 6.04. The van der Waals surface area contributed by atoms with E-state index in [4.69, 9.17) is 4.74 Å². The van der Waals surface area contributed by atoms with Crippen molar-refractivity contribution in [3.63, 3.8) is 0 Å². The predicted molar refractivity (Wildman–Crippen MR) is 103 cm³/mol. The number of hydrogen-bond donors (Lipinski definition) is 1. The molecule has 0 aliphatic rings. The van der Waals surface area contributed by atoms with Gasteiger partial charge in [-0.05, 0) is 48.0 Å². The maximum absolute atomic E-state index is 11.9. The van der Waals surface area contributed by atoms with Crippen LogP contribution in [0.5, 0.6) is 5.75 Å². The SMILES string of the molecule is O=C(N/N=C/c1ccc(OCc2ccccc2[N+](=O)[O-])cc1)c1ccncc1. The van der Waals surface area contributed by atoms with Gasteiger partial charge in [0.2, 0.25) is 0 Å². The molecule has 1 amide bonds. The quantitative estimate of drug-likeness (QED) is 0.387. The maximum atomic E-state index is 11.9. The van der Waals surface area contributed by atoms with E-state index in [1.807, 2.05) is 0 Å². The summed E-state index contributed by atoms with van der Waals surface area (Å²) in [7, 11) is 0. The second-order valence-electron chi connectivity index (χ2n) is 5.68. The highest BCUT2D eigenvalue weighted by molar-refractivity contribution is 5.94. The minimum absolute atomic E-state index is 0.0243. The Bertz CT molecular complexity index is 989. The third-order valence-corrected chi connectivity index (χ3v) is 3.78. The van der Waals surface area contributed by atoms with Crippen LogP contribution in [-0.4, -0.2) is 22.0 Å². The Balaban J connectivity index is 1.55. The van der Waals surface area contributed by atoms with Crippen molar-refractivity contribution >= 4 is 17.8 Å². The van der Waals surface area contributed by atoms with Crippen molar-refractivity contribution in [1.29, 1.82) is 0 Å². The van der Waals surface area contributed by atoms with Crippen LogP contribution in [0, 0.1) is 10.1 Å². The molecule has 0 unspecified atom stereocenters. The fourth-order valence-corrected chi connectivity index (χ4v) is 2.36. The molecule has 0 radical (unpaired) electrons. The van der Waals surface area contributed by atoms with E-state index in [-0.39, 0.29) is 18.2 Å². The van der Waals surface area contributed by atoms with Gasteiger partial charge in [0, 0.05) is 24.0 Å². The van der Waals surface area contributed by atoms with Gasteiger partial charge in [-0.25, -0.2) is 5.43 Å². The first-order chi connectivity index (χ1) is 13.6. The number of pyridine rings is 1. The first kappa shape index (κ1) is 18.7. The second kappa shape index (κ2) is 9.04. The van der Waals surface area contributed by atoms with E-state index in [1.54, 1.807) is 54.6 Å². The largest absolute Gasteiger partial charge is 0.489 e. The molecule has 3 aromatic rings. The van der Waals surface area contributed by atoms with Gasteiger partial charge < -0.3 is 4.74 Å². The van der Waals surface area contributed by atoms with E-state index in [2.05, 4.69) is 15.5 Å². The van der Waals surface area contributed by atoms with Crippen LogP contribution < -0.4 is 10.2 Å². The summed E-state index contributed by atoms with van der Waals surface area (Å²) in [4.78, 5) is 26.3. The highest BCUT2D eigenvalue weighted by atomic mass is 16.6. The van der Waals surface area contributed by atoms with Crippen LogP contribution in [0.2, 0.25) is 0 Å². The summed E-state index contributed by atoms with van der Waals surface area (Å²) in [5.41, 5.74) is 4.18. The Morgan fingerprint density at radius 2 is 1.82 bits per heavy atom. The Morgan fingerprint density at radius 1 is 1.11 bits per heavy atom. The predicted octanol–water partition coefficient (Wildman–Crippen LogP) is 3.33. The summed E-state index contributed by atoms with van der Waals surface area (Å²) in [5, 5.41) is 14.9. The second-order valence-corrected chi connectivity index (χ2v) is 5.68. The van der Waals surface area contributed by atoms with Crippen molar-refractivity contribution in [2.75, 3.05) is 0 Å². The van der Waals surface area contributed by atoms with Gasteiger partial charge in [0.15, 0.2) is 0 Å². The molecule has 1 aromatic heterocycles. The number of nitrogens with one attached hydrogen (secondary N) is 1. The normalized spacial score (nSPS) is 10.6. The molecule has 0 saturated heterocycles. The number of nitro benzene ring substituents is 1. The number of hydrazone groups is 1. The van der Waals surface area contributed by atoms with Crippen LogP contribution in [0.15, 0.2) is 78.2 Å². The van der Waals surface area contributed by atoms with Gasteiger partial charge >= 0.3 is 0 Å². The molecule has 0 aliphatic carbocycles. The Labute approximate surface area is 160 Å². The van der Waals surface area contributed by atoms with Crippen LogP contribution in [0.25, 0.3) is 0 Å². The number of ether oxygens (including phenoxy) is 1. The van der Waals surface area contributed by atoms with Gasteiger partial charge in [0.05, 0.1) is 16.7 Å². The summed E-state index contributed by atoms with van der Waals surface area (Å²) in [6.07, 6.45) is 4.56. The summed E-state index contributed by atoms with van der Waals surface area (Å²) in [5.74, 6) is 0.235. The molecule has 0 aliphatic heterocycles. The lowest BCUT2D eigenvalue weighted by atomic mass is 10.2. The van der Waals surface area contributed by atoms with E-state index in [9.17, 15) is 14.9 Å². The molecule has 140 valence electrons. The first-order valence-electron chi connectivity index (χ1n) is 8.32. The number of carbonyl (C=O) groups is 1. The molecule has 1 N–H and O–H groups in total. The monoisotopic (exact) mass is 376 g/mol. The number of amides is 1. The molecule has 8 heteroatoms. The van der Waals surface area contributed by atoms with Gasteiger partial charge in [0.1, 0.15) is 12.4 Å². The van der Waals surface area contributed by atoms with Crippen molar-refractivity contribution < 1.29 is 14.5 Å². The molecule has 0 spiro atoms. The van der Waals surface area contributed by atoms with E-state index in [0.29, 0.717) is 16.9 Å². The molecule has 28 heavy (non-hydrogen) atoms. The average Bonchev–Trinajstić information content (AvgIpc) is 2.74. The zero-order valence-electron chi connectivity index (χ0n) is 14.7. The third-order valence-electron chi connectivity index (χ3n) is 3.78. The minimum atomic E-state index is -0.432. The van der Waals surface area contributed by atoms with Crippen LogP contribution >= 0.6 is 0 Å². The van der Waals surface area contributed by atoms with Crippen molar-refractivity contribution in [1.82, 2.24) is 10.4 Å². The van der Waals surface area contributed by atoms with Gasteiger partial charge in [0.25, 0.3) is 11.6 Å². The summed E-state index contributed by atoms with van der Waals surface area (Å²) < 4.78 is 5.61. The van der Waals surface area contributed by atoms with E-state index in [1.165, 1.54) is 24.7 Å². The standard InChI is InChI=1S/C20H16N4O4/c25-20(16-9-11-21-12-10-16)23-22-13-15-5-7-18(8-6-15)28-14-17-3-1-2-4-19(17)24(26)27/h1-13H,14H2,(H,23,25)/b22-13+. The number of benzene rings is 2. The molecule has 0 atom stereocenters. The first-order valence-corrected chi connectivity index (χ1v) is 8.32. The zero-order valence-corrected chi connectivity index (χ0v) is 14.7. The zero-order chi connectivity index (χ0) is 19.8. The highest BCUT2D eigenvalue weighted by Crippen LogP contribution is 2.20. The van der Waals surface area contributed by atoms with Crippen molar-refractivity contribution in [3.8, 4) is 5.75 Å². The fraction of sp³-hybridized carbons (Fsp3) is 0.0500. The van der Waals surface area contributed by atoms with Gasteiger partial charge in [-0.3, -0.25) is 19.9 Å². The number of para-hydroxylation sites is 1. The molecule has 2 aromatic carbocycles. The highest BCUT2D eigenvalue weighted by Gasteiger charge is 2.12. The van der Waals surface area contributed by atoms with Crippen LogP contribution in [0.3, 0.4) is 0 Å². The van der Waals surface area contributed by atoms with Crippen molar-refractivity contribution in [2.24, 2.45) is 5.10 Å². The lowest BCUT2D eigenvalue weighted by molar-refractivity contribution is -0.385. The molecule has 1 heterocycles. The molecule has 0 fully saturated rings. The molecule has 0 saturated carbocycles. The topological polar surface area (TPSA) is 107 Å². The summed E-state index contributed by atoms with van der Waals surface area (Å²) in [6, 6.07) is 16.6.